The number of nitrogens with one attached hydrogen (secondary N) is 1. The molecule has 0 saturated carbocycles. The maximum atomic E-state index is 14.4. The number of amides is 3. The van der Waals surface area contributed by atoms with Gasteiger partial charge in [-0.05, 0) is 30.2 Å². The summed E-state index contributed by atoms with van der Waals surface area (Å²) in [7, 11) is 1.16. The molecule has 0 radical (unpaired) electrons. The Morgan fingerprint density at radius 2 is 1.20 bits per heavy atom. The number of hydrogen-bond donors (Lipinski definition) is 1. The molecule has 3 amide bonds. The van der Waals surface area contributed by atoms with Crippen LogP contribution in [0.5, 0.6) is 0 Å². The first-order chi connectivity index (χ1) is 31.2. The molecule has 3 heterocycles. The van der Waals surface area contributed by atoms with Gasteiger partial charge in [0.15, 0.2) is 30.9 Å². The predicted octanol–water partition coefficient (Wildman–Crippen LogP) is 2.80. The molecule has 1 N–H and O–H groups in total. The molecular formula is C46H52N2O17. The molecule has 11 atom stereocenters. The first kappa shape index (κ1) is 48.4. The molecule has 0 unspecified atom stereocenters. The molecule has 6 rings (SSSR count). The van der Waals surface area contributed by atoms with Crippen molar-refractivity contribution in [2.45, 2.75) is 115 Å². The van der Waals surface area contributed by atoms with E-state index in [1.165, 1.54) is 26.0 Å². The smallest absolute Gasteiger partial charge is 0.334 e. The summed E-state index contributed by atoms with van der Waals surface area (Å²) in [5.74, 6) is -5.54. The van der Waals surface area contributed by atoms with Crippen LogP contribution in [0.4, 0.5) is 0 Å². The van der Waals surface area contributed by atoms with E-state index in [2.05, 4.69) is 5.32 Å². The van der Waals surface area contributed by atoms with E-state index in [0.29, 0.717) is 0 Å². The summed E-state index contributed by atoms with van der Waals surface area (Å²) in [4.78, 5) is 93.5. The zero-order valence-corrected chi connectivity index (χ0v) is 36.6. The second kappa shape index (κ2) is 22.2. The monoisotopic (exact) mass is 904 g/mol. The van der Waals surface area contributed by atoms with E-state index in [1.54, 1.807) is 12.1 Å². The van der Waals surface area contributed by atoms with Gasteiger partial charge in [-0.15, -0.1) is 0 Å². The first-order valence-electron chi connectivity index (χ1n) is 20.9. The number of benzene rings is 3. The Balaban J connectivity index is 1.50. The van der Waals surface area contributed by atoms with Crippen LogP contribution in [0.1, 0.15) is 66.5 Å². The number of carbonyl (C=O) groups excluding carboxylic acids is 7. The van der Waals surface area contributed by atoms with Crippen molar-refractivity contribution in [3.05, 3.63) is 107 Å². The van der Waals surface area contributed by atoms with Crippen molar-refractivity contribution in [1.82, 2.24) is 10.2 Å². The molecule has 2 fully saturated rings. The Hall–Kier alpha value is -6.09. The Bertz CT molecular complexity index is 2140. The summed E-state index contributed by atoms with van der Waals surface area (Å²) in [5, 5.41) is 2.82. The molecule has 0 aliphatic carbocycles. The number of esters is 4. The summed E-state index contributed by atoms with van der Waals surface area (Å²) in [6.45, 7) is 5.18. The summed E-state index contributed by atoms with van der Waals surface area (Å²) in [5.41, 5.74) is 1.57. The van der Waals surface area contributed by atoms with E-state index in [1.807, 2.05) is 60.7 Å². The van der Waals surface area contributed by atoms with Crippen molar-refractivity contribution in [2.75, 3.05) is 20.3 Å². The van der Waals surface area contributed by atoms with Gasteiger partial charge < -0.3 is 52.7 Å². The van der Waals surface area contributed by atoms with Gasteiger partial charge in [0.2, 0.25) is 5.91 Å². The van der Waals surface area contributed by atoms with E-state index >= 15 is 0 Å². The highest BCUT2D eigenvalue weighted by molar-refractivity contribution is 6.21. The second-order valence-electron chi connectivity index (χ2n) is 15.4. The minimum Gasteiger partial charge on any atom is -0.467 e. The molecular weight excluding hydrogens is 853 g/mol. The Morgan fingerprint density at radius 3 is 1.75 bits per heavy atom. The molecule has 3 aromatic rings. The van der Waals surface area contributed by atoms with Gasteiger partial charge in [-0.1, -0.05) is 72.8 Å². The summed E-state index contributed by atoms with van der Waals surface area (Å²) >= 11 is 0. The van der Waals surface area contributed by atoms with E-state index < -0.39 is 116 Å². The summed E-state index contributed by atoms with van der Waals surface area (Å²) in [6, 6.07) is 21.3. The number of hydrogen-bond acceptors (Lipinski definition) is 17. The zero-order chi connectivity index (χ0) is 46.8. The lowest BCUT2D eigenvalue weighted by Gasteiger charge is -2.51. The number of ether oxygens (including phenoxy) is 10. The van der Waals surface area contributed by atoms with Crippen LogP contribution in [0.3, 0.4) is 0 Å². The van der Waals surface area contributed by atoms with Crippen LogP contribution in [0.15, 0.2) is 84.9 Å². The number of carbonyl (C=O) groups is 7. The van der Waals surface area contributed by atoms with Crippen LogP contribution in [0.25, 0.3) is 0 Å². The van der Waals surface area contributed by atoms with Crippen LogP contribution < -0.4 is 5.32 Å². The van der Waals surface area contributed by atoms with Gasteiger partial charge in [-0.25, -0.2) is 4.79 Å². The third-order valence-electron chi connectivity index (χ3n) is 10.6. The number of methoxy groups -OCH3 is 1. The van der Waals surface area contributed by atoms with Crippen molar-refractivity contribution in [2.24, 2.45) is 0 Å². The lowest BCUT2D eigenvalue weighted by Crippen LogP contribution is -2.71. The number of nitrogens with zero attached hydrogens (tertiary/aromatic N) is 1. The third-order valence-corrected chi connectivity index (χ3v) is 10.6. The van der Waals surface area contributed by atoms with Crippen molar-refractivity contribution in [3.63, 3.8) is 0 Å². The van der Waals surface area contributed by atoms with Gasteiger partial charge in [0.1, 0.15) is 43.1 Å². The standard InChI is InChI=1S/C46H52N2O17/c1-25(44(55)56-6)60-40-36(47-26(2)49)45(59-22-31-17-11-8-12-18-31)63-34(23-57-21-30-15-9-7-10-16-30)38(40)65-46-37(48-42(53)32-19-13-14-20-33(32)43(48)54)41(62-29(5)52)39(61-28(4)51)35(64-46)24-58-27(3)50/h7-20,25,34-41,45-46H,21-24H2,1-6H3,(H,47,49)/t25-,34-,35-,36-,37-,38-,39-,40-,41-,45+,46+/m1/s1. The minimum absolute atomic E-state index is 0.00301. The molecule has 0 bridgehead atoms. The van der Waals surface area contributed by atoms with Crippen molar-refractivity contribution in [3.8, 4) is 0 Å². The van der Waals surface area contributed by atoms with E-state index in [0.717, 1.165) is 43.9 Å². The van der Waals surface area contributed by atoms with E-state index in [4.69, 9.17) is 47.4 Å². The molecule has 0 aromatic heterocycles. The van der Waals surface area contributed by atoms with Crippen molar-refractivity contribution < 1.29 is 80.9 Å². The lowest BCUT2D eigenvalue weighted by atomic mass is 9.93. The van der Waals surface area contributed by atoms with Gasteiger partial charge in [-0.2, -0.15) is 0 Å². The SMILES string of the molecule is COC(=O)[C@@H](C)O[C@@H]1[C@@H](NC(C)=O)[C@@H](OCc2ccccc2)O[C@H](COCc2ccccc2)[C@H]1O[C@@H]1O[C@H](COC(C)=O)[C@@H](OC(C)=O)[C@H](OC(C)=O)[C@H]1N1C(=O)c2ccccc2C1=O. The highest BCUT2D eigenvalue weighted by Gasteiger charge is 2.60. The van der Waals surface area contributed by atoms with Crippen molar-refractivity contribution >= 4 is 41.6 Å². The zero-order valence-electron chi connectivity index (χ0n) is 36.6. The van der Waals surface area contributed by atoms with Gasteiger partial charge in [0.25, 0.3) is 11.8 Å². The largest absolute Gasteiger partial charge is 0.467 e. The quantitative estimate of drug-likeness (QED) is 0.110. The number of rotatable bonds is 18. The van der Waals surface area contributed by atoms with E-state index in [-0.39, 0.29) is 30.9 Å². The molecule has 0 spiro atoms. The van der Waals surface area contributed by atoms with Gasteiger partial charge >= 0.3 is 23.9 Å². The topological polar surface area (TPSA) is 227 Å². The third kappa shape index (κ3) is 12.0. The van der Waals surface area contributed by atoms with Crippen LogP contribution in [-0.4, -0.2) is 134 Å². The van der Waals surface area contributed by atoms with Crippen LogP contribution >= 0.6 is 0 Å². The Labute approximate surface area is 374 Å². The van der Waals surface area contributed by atoms with Crippen molar-refractivity contribution in [1.29, 1.82) is 0 Å². The molecule has 19 heteroatoms. The van der Waals surface area contributed by atoms with E-state index in [9.17, 15) is 33.6 Å². The summed E-state index contributed by atoms with van der Waals surface area (Å²) in [6.07, 6.45) is -13.3. The molecule has 348 valence electrons. The highest BCUT2D eigenvalue weighted by Crippen LogP contribution is 2.38. The molecule has 65 heavy (non-hydrogen) atoms. The van der Waals surface area contributed by atoms with Crippen LogP contribution in [0.2, 0.25) is 0 Å². The maximum absolute atomic E-state index is 14.4. The Morgan fingerprint density at radius 1 is 0.662 bits per heavy atom. The molecule has 3 aliphatic rings. The second-order valence-corrected chi connectivity index (χ2v) is 15.4. The van der Waals surface area contributed by atoms with Gasteiger partial charge in [-0.3, -0.25) is 33.7 Å². The minimum atomic E-state index is -1.85. The Kier molecular flexibility index (Phi) is 16.5. The molecule has 19 nitrogen and oxygen atoms in total. The fourth-order valence-corrected chi connectivity index (χ4v) is 7.87. The maximum Gasteiger partial charge on any atom is 0.334 e. The summed E-state index contributed by atoms with van der Waals surface area (Å²) < 4.78 is 60.9. The number of fused-ring (bicyclic) bond motifs is 1. The highest BCUT2D eigenvalue weighted by atomic mass is 16.7. The average molecular weight is 905 g/mol. The lowest BCUT2D eigenvalue weighted by molar-refractivity contribution is -0.345. The molecule has 3 aliphatic heterocycles. The first-order valence-corrected chi connectivity index (χ1v) is 20.9. The van der Waals surface area contributed by atoms with Crippen LogP contribution in [0, 0.1) is 0 Å². The van der Waals surface area contributed by atoms with Gasteiger partial charge in [0, 0.05) is 27.7 Å². The predicted molar refractivity (Wildman–Crippen MR) is 222 cm³/mol. The van der Waals surface area contributed by atoms with Crippen LogP contribution in [-0.2, 0) is 84.6 Å². The fourth-order valence-electron chi connectivity index (χ4n) is 7.87. The number of imide groups is 1. The fraction of sp³-hybridized carbons (Fsp3) is 0.457. The molecule has 2 saturated heterocycles. The van der Waals surface area contributed by atoms with Gasteiger partial charge in [0.05, 0.1) is 38.1 Å². The molecule has 3 aromatic carbocycles. The average Bonchev–Trinajstić information content (AvgIpc) is 3.52. The normalized spacial score (nSPS) is 26.6.